The molecule has 0 aliphatic carbocycles. The highest BCUT2D eigenvalue weighted by atomic mass is 35.5. The van der Waals surface area contributed by atoms with Gasteiger partial charge in [-0.2, -0.15) is 13.8 Å². The van der Waals surface area contributed by atoms with Crippen LogP contribution < -0.4 is 30.3 Å². The topological polar surface area (TPSA) is 201 Å². The van der Waals surface area contributed by atoms with Crippen LogP contribution in [0.25, 0.3) is 0 Å². The Morgan fingerprint density at radius 2 is 1.20 bits per heavy atom. The molecule has 0 bridgehead atoms. The summed E-state index contributed by atoms with van der Waals surface area (Å²) in [6.07, 6.45) is 3.29. The van der Waals surface area contributed by atoms with Gasteiger partial charge in [-0.1, -0.05) is 64.1 Å². The highest BCUT2D eigenvalue weighted by molar-refractivity contribution is 6.28. The van der Waals surface area contributed by atoms with Crippen molar-refractivity contribution in [3.63, 3.8) is 0 Å². The van der Waals surface area contributed by atoms with Crippen LogP contribution in [-0.4, -0.2) is 57.1 Å². The molecule has 2 aliphatic rings. The Labute approximate surface area is 354 Å². The van der Waals surface area contributed by atoms with Crippen LogP contribution in [0, 0.1) is 31.9 Å². The highest BCUT2D eigenvalue weighted by Gasteiger charge is 2.37. The molecule has 0 spiro atoms. The maximum absolute atomic E-state index is 13.9. The van der Waals surface area contributed by atoms with Crippen molar-refractivity contribution in [2.24, 2.45) is 0 Å². The molecule has 0 atom stereocenters. The Bertz CT molecular complexity index is 2620. The van der Waals surface area contributed by atoms with E-state index in [0.29, 0.717) is 5.82 Å². The molecule has 4 aromatic carbocycles. The number of methoxy groups -OCH3 is 2. The highest BCUT2D eigenvalue weighted by Crippen LogP contribution is 2.45. The van der Waals surface area contributed by atoms with Crippen molar-refractivity contribution in [3.8, 4) is 11.5 Å². The number of nitrogens with zero attached hydrogens (tertiary/aromatic N) is 8. The Morgan fingerprint density at radius 1 is 0.721 bits per heavy atom. The molecule has 8 rings (SSSR count). The van der Waals surface area contributed by atoms with Gasteiger partial charge in [0.15, 0.2) is 0 Å². The van der Waals surface area contributed by atoms with E-state index in [2.05, 4.69) is 97.8 Å². The van der Waals surface area contributed by atoms with Gasteiger partial charge in [-0.25, -0.2) is 15.0 Å². The minimum atomic E-state index is -0.979. The third-order valence-corrected chi connectivity index (χ3v) is 10.2. The molecular weight excluding hydrogens is 814 g/mol. The predicted molar refractivity (Wildman–Crippen MR) is 229 cm³/mol. The molecular formula is C42H41ClF2N10O6. The number of ether oxygens (including phenoxy) is 2. The molecule has 0 saturated carbocycles. The molecule has 0 fully saturated rings. The number of aromatic nitrogens is 4. The molecule has 0 saturated heterocycles. The number of halogens is 3. The maximum Gasteiger partial charge on any atom is 0.307 e. The quantitative estimate of drug-likeness (QED) is 0.0634. The molecule has 6 aromatic rings. The average molecular weight is 855 g/mol. The standard InChI is InChI=1S/C21H20FN5O3.C14H14ClN3.C7H7FN2O3/c1-21(2)12-26(16-7-5-4-6-13(16)21)19-8-9-23-20(25-19)24-15-11-17(27(28)29)14(22)10-18(15)30-3;1-14(2)9-18(11-6-4-3-5-10(11)14)12-7-8-16-13(15)17-12;1-13-7-2-4(8)6(10(11)12)3-5(7)9/h4-11H,12H2,1-3H3,(H,23,24,25);3-8H,9H2,1-2H3;2-3H,9H2,1H3. The Hall–Kier alpha value is -7.21. The van der Waals surface area contributed by atoms with Gasteiger partial charge in [0.05, 0.1) is 35.4 Å². The number of para-hydroxylation sites is 2. The van der Waals surface area contributed by atoms with Crippen molar-refractivity contribution >= 4 is 63.3 Å². The maximum atomic E-state index is 13.9. The Balaban J connectivity index is 0.000000170. The van der Waals surface area contributed by atoms with Gasteiger partial charge in [-0.15, -0.1) is 0 Å². The van der Waals surface area contributed by atoms with Crippen LogP contribution in [-0.2, 0) is 10.8 Å². The molecule has 316 valence electrons. The number of nitrogens with two attached hydrogens (primary N) is 1. The number of benzene rings is 4. The number of anilines is 7. The fourth-order valence-corrected chi connectivity index (χ4v) is 7.23. The lowest BCUT2D eigenvalue weighted by molar-refractivity contribution is -0.387. The molecule has 2 aromatic heterocycles. The van der Waals surface area contributed by atoms with Crippen LogP contribution >= 0.6 is 11.6 Å². The van der Waals surface area contributed by atoms with Gasteiger partial charge in [0.25, 0.3) is 0 Å². The first-order valence-electron chi connectivity index (χ1n) is 18.6. The lowest BCUT2D eigenvalue weighted by Gasteiger charge is -2.22. The van der Waals surface area contributed by atoms with E-state index in [1.807, 2.05) is 24.3 Å². The van der Waals surface area contributed by atoms with Crippen LogP contribution in [0.3, 0.4) is 0 Å². The summed E-state index contributed by atoms with van der Waals surface area (Å²) in [6.45, 7) is 10.5. The summed E-state index contributed by atoms with van der Waals surface area (Å²) in [7, 11) is 2.66. The van der Waals surface area contributed by atoms with E-state index in [1.54, 1.807) is 18.5 Å². The summed E-state index contributed by atoms with van der Waals surface area (Å²) in [5.74, 6) is 0.00917. The minimum absolute atomic E-state index is 0.0376. The summed E-state index contributed by atoms with van der Waals surface area (Å²) in [5.41, 5.74) is 9.19. The van der Waals surface area contributed by atoms with E-state index in [-0.39, 0.29) is 44.9 Å². The number of nitro groups is 2. The van der Waals surface area contributed by atoms with Gasteiger partial charge in [-0.05, 0) is 47.0 Å². The Morgan fingerprint density at radius 3 is 1.70 bits per heavy atom. The molecule has 0 unspecified atom stereocenters. The second-order valence-electron chi connectivity index (χ2n) is 15.1. The SMILES string of the molecule is CC1(C)CN(c2ccnc(Cl)n2)c2ccccc21.COc1cc(F)c([N+](=O)[O-])cc1N.COc1cc(F)c([N+](=O)[O-])cc1Nc1nccc(N2CC(C)(C)c3ccccc32)n1. The number of rotatable bonds is 8. The molecule has 0 amide bonds. The van der Waals surface area contributed by atoms with Gasteiger partial charge in [0.2, 0.25) is 22.9 Å². The number of hydrogen-bond donors (Lipinski definition) is 2. The Kier molecular flexibility index (Phi) is 12.5. The third kappa shape index (κ3) is 9.33. The molecule has 16 nitrogen and oxygen atoms in total. The number of fused-ring (bicyclic) bond motifs is 2. The van der Waals surface area contributed by atoms with Crippen molar-refractivity contribution in [3.05, 3.63) is 146 Å². The van der Waals surface area contributed by atoms with Crippen molar-refractivity contribution in [1.82, 2.24) is 19.9 Å². The third-order valence-electron chi connectivity index (χ3n) is 9.97. The van der Waals surface area contributed by atoms with Crippen LogP contribution in [0.4, 0.5) is 60.5 Å². The first-order chi connectivity index (χ1) is 28.9. The fraction of sp³-hybridized carbons (Fsp3) is 0.238. The monoisotopic (exact) mass is 854 g/mol. The van der Waals surface area contributed by atoms with Gasteiger partial charge < -0.3 is 30.3 Å². The lowest BCUT2D eigenvalue weighted by Crippen LogP contribution is -2.25. The van der Waals surface area contributed by atoms with Gasteiger partial charge >= 0.3 is 11.4 Å². The van der Waals surface area contributed by atoms with Crippen molar-refractivity contribution in [2.45, 2.75) is 38.5 Å². The number of hydrogen-bond acceptors (Lipinski definition) is 14. The smallest absolute Gasteiger partial charge is 0.307 e. The van der Waals surface area contributed by atoms with Crippen LogP contribution in [0.15, 0.2) is 97.3 Å². The predicted octanol–water partition coefficient (Wildman–Crippen LogP) is 9.59. The van der Waals surface area contributed by atoms with E-state index in [9.17, 15) is 29.0 Å². The minimum Gasteiger partial charge on any atom is -0.494 e. The van der Waals surface area contributed by atoms with E-state index in [1.165, 1.54) is 31.0 Å². The first kappa shape index (κ1) is 43.4. The summed E-state index contributed by atoms with van der Waals surface area (Å²) < 4.78 is 36.6. The lowest BCUT2D eigenvalue weighted by atomic mass is 9.87. The van der Waals surface area contributed by atoms with Gasteiger partial charge in [0.1, 0.15) is 23.1 Å². The molecule has 61 heavy (non-hydrogen) atoms. The number of nitrogens with one attached hydrogen (secondary N) is 1. The zero-order valence-corrected chi connectivity index (χ0v) is 34.6. The van der Waals surface area contributed by atoms with Gasteiger partial charge in [-0.3, -0.25) is 20.2 Å². The van der Waals surface area contributed by atoms with Crippen LogP contribution in [0.2, 0.25) is 5.28 Å². The zero-order chi connectivity index (χ0) is 44.2. The van der Waals surface area contributed by atoms with Crippen LogP contribution in [0.5, 0.6) is 11.5 Å². The van der Waals surface area contributed by atoms with E-state index in [4.69, 9.17) is 22.1 Å². The largest absolute Gasteiger partial charge is 0.494 e. The molecule has 0 radical (unpaired) electrons. The first-order valence-corrected chi connectivity index (χ1v) is 18.9. The van der Waals surface area contributed by atoms with Crippen LogP contribution in [0.1, 0.15) is 38.8 Å². The second-order valence-corrected chi connectivity index (χ2v) is 15.4. The van der Waals surface area contributed by atoms with E-state index < -0.39 is 32.9 Å². The average Bonchev–Trinajstić information content (AvgIpc) is 3.67. The van der Waals surface area contributed by atoms with Crippen molar-refractivity contribution in [1.29, 1.82) is 0 Å². The van der Waals surface area contributed by atoms with Crippen molar-refractivity contribution < 1.29 is 28.1 Å². The van der Waals surface area contributed by atoms with Gasteiger partial charge in [0, 0.05) is 72.0 Å². The molecule has 2 aliphatic heterocycles. The number of nitrogen functional groups attached to an aromatic ring is 1. The second kappa shape index (κ2) is 17.6. The van der Waals surface area contributed by atoms with Crippen molar-refractivity contribution in [2.75, 3.05) is 48.2 Å². The summed E-state index contributed by atoms with van der Waals surface area (Å²) >= 11 is 5.87. The normalized spacial score (nSPS) is 14.0. The molecule has 3 N–H and O–H groups in total. The summed E-state index contributed by atoms with van der Waals surface area (Å²) in [4.78, 5) is 41.0. The summed E-state index contributed by atoms with van der Waals surface area (Å²) in [5, 5.41) is 24.5. The zero-order valence-electron chi connectivity index (χ0n) is 33.9. The van der Waals surface area contributed by atoms with E-state index >= 15 is 0 Å². The molecule has 4 heterocycles. The summed E-state index contributed by atoms with van der Waals surface area (Å²) in [6, 6.07) is 24.1. The molecule has 19 heteroatoms. The number of nitro benzene ring substituents is 2. The fourth-order valence-electron chi connectivity index (χ4n) is 7.09. The van der Waals surface area contributed by atoms with E-state index in [0.717, 1.165) is 48.9 Å².